The first-order chi connectivity index (χ1) is 7.56. The number of benzene rings is 1. The molecule has 1 aromatic rings. The number of thiocarbonyl (C=S) groups is 1. The first-order valence-electron chi connectivity index (χ1n) is 4.59. The summed E-state index contributed by atoms with van der Waals surface area (Å²) in [5.41, 5.74) is 6.78. The van der Waals surface area contributed by atoms with Crippen LogP contribution in [0.2, 0.25) is 5.02 Å². The molecule has 0 aliphatic rings. The van der Waals surface area contributed by atoms with E-state index in [1.165, 1.54) is 0 Å². The number of nitrogens with two attached hydrogens (primary N) is 1. The van der Waals surface area contributed by atoms with E-state index in [0.29, 0.717) is 16.3 Å². The van der Waals surface area contributed by atoms with Crippen molar-refractivity contribution in [3.05, 3.63) is 28.8 Å². The summed E-state index contributed by atoms with van der Waals surface area (Å²) in [6.07, 6.45) is 0. The summed E-state index contributed by atoms with van der Waals surface area (Å²) in [5.74, 6) is -0.131. The van der Waals surface area contributed by atoms with Crippen LogP contribution >= 0.6 is 23.8 Å². The largest absolute Gasteiger partial charge is 0.389 e. The first kappa shape index (κ1) is 12.7. The number of likely N-dealkylation sites (N-methyl/N-ethyl adjacent to an activating group) is 1. The summed E-state index contributed by atoms with van der Waals surface area (Å²) in [6.45, 7) is 0.145. The maximum Gasteiger partial charge on any atom is 0.239 e. The lowest BCUT2D eigenvalue weighted by molar-refractivity contribution is -0.118. The van der Waals surface area contributed by atoms with Gasteiger partial charge in [-0.2, -0.15) is 0 Å². The third-order valence-corrected chi connectivity index (χ3v) is 2.50. The Morgan fingerprint density at radius 2 is 2.25 bits per heavy atom. The highest BCUT2D eigenvalue weighted by Crippen LogP contribution is 2.23. The Bertz CT molecular complexity index is 423. The molecule has 16 heavy (non-hydrogen) atoms. The van der Waals surface area contributed by atoms with E-state index in [1.807, 2.05) is 0 Å². The van der Waals surface area contributed by atoms with Crippen LogP contribution in [0, 0.1) is 0 Å². The van der Waals surface area contributed by atoms with Crippen molar-refractivity contribution >= 4 is 40.4 Å². The van der Waals surface area contributed by atoms with Crippen molar-refractivity contribution in [3.63, 3.8) is 0 Å². The molecule has 4 nitrogen and oxygen atoms in total. The van der Waals surface area contributed by atoms with Crippen molar-refractivity contribution in [2.24, 2.45) is 5.73 Å². The highest BCUT2D eigenvalue weighted by atomic mass is 35.5. The Hall–Kier alpha value is -1.33. The number of amides is 1. The minimum absolute atomic E-state index is 0.131. The molecule has 0 aromatic heterocycles. The fourth-order valence-corrected chi connectivity index (χ4v) is 1.74. The van der Waals surface area contributed by atoms with Gasteiger partial charge in [-0.15, -0.1) is 0 Å². The molecule has 6 heteroatoms. The molecule has 0 bridgehead atoms. The maximum atomic E-state index is 11.1. The molecule has 0 atom stereocenters. The van der Waals surface area contributed by atoms with Gasteiger partial charge in [0.15, 0.2) is 0 Å². The van der Waals surface area contributed by atoms with Gasteiger partial charge in [0.25, 0.3) is 0 Å². The molecule has 0 aliphatic carbocycles. The lowest BCUT2D eigenvalue weighted by Gasteiger charge is -2.11. The molecule has 4 N–H and O–H groups in total. The highest BCUT2D eigenvalue weighted by molar-refractivity contribution is 7.80. The summed E-state index contributed by atoms with van der Waals surface area (Å²) in [6, 6.07) is 5.22. The van der Waals surface area contributed by atoms with Gasteiger partial charge in [-0.3, -0.25) is 4.79 Å². The van der Waals surface area contributed by atoms with Gasteiger partial charge in [0.1, 0.15) is 4.99 Å². The summed E-state index contributed by atoms with van der Waals surface area (Å²) >= 11 is 10.9. The number of carbonyl (C=O) groups is 1. The molecular formula is C10H12ClN3OS. The smallest absolute Gasteiger partial charge is 0.239 e. The average Bonchev–Trinajstić information content (AvgIpc) is 2.25. The van der Waals surface area contributed by atoms with E-state index >= 15 is 0 Å². The van der Waals surface area contributed by atoms with E-state index in [9.17, 15) is 4.79 Å². The third-order valence-electron chi connectivity index (χ3n) is 1.98. The van der Waals surface area contributed by atoms with Crippen molar-refractivity contribution in [1.29, 1.82) is 0 Å². The normalized spacial score (nSPS) is 9.62. The lowest BCUT2D eigenvalue weighted by atomic mass is 10.1. The summed E-state index contributed by atoms with van der Waals surface area (Å²) in [5, 5.41) is 5.89. The third kappa shape index (κ3) is 3.08. The van der Waals surface area contributed by atoms with Gasteiger partial charge in [-0.05, 0) is 12.1 Å². The van der Waals surface area contributed by atoms with Crippen LogP contribution in [0.3, 0.4) is 0 Å². The van der Waals surface area contributed by atoms with E-state index in [4.69, 9.17) is 29.6 Å². The second-order valence-corrected chi connectivity index (χ2v) is 3.90. The van der Waals surface area contributed by atoms with Gasteiger partial charge in [0.05, 0.1) is 17.1 Å². The van der Waals surface area contributed by atoms with E-state index < -0.39 is 0 Å². The van der Waals surface area contributed by atoms with Crippen molar-refractivity contribution in [2.45, 2.75) is 0 Å². The topological polar surface area (TPSA) is 67.2 Å². The van der Waals surface area contributed by atoms with Crippen molar-refractivity contribution in [3.8, 4) is 0 Å². The van der Waals surface area contributed by atoms with Gasteiger partial charge in [0.2, 0.25) is 5.91 Å². The molecule has 0 saturated heterocycles. The predicted octanol–water partition coefficient (Wildman–Crippen LogP) is 1.13. The molecule has 0 fully saturated rings. The second-order valence-electron chi connectivity index (χ2n) is 3.05. The fraction of sp³-hybridized carbons (Fsp3) is 0.200. The molecule has 86 valence electrons. The van der Waals surface area contributed by atoms with E-state index in [0.717, 1.165) is 0 Å². The predicted molar refractivity (Wildman–Crippen MR) is 69.9 cm³/mol. The van der Waals surface area contributed by atoms with E-state index in [1.54, 1.807) is 25.2 Å². The van der Waals surface area contributed by atoms with E-state index in [-0.39, 0.29) is 17.4 Å². The average molecular weight is 258 g/mol. The van der Waals surface area contributed by atoms with Crippen LogP contribution in [0.25, 0.3) is 0 Å². The fourth-order valence-electron chi connectivity index (χ4n) is 1.19. The van der Waals surface area contributed by atoms with Gasteiger partial charge in [-0.25, -0.2) is 0 Å². The van der Waals surface area contributed by atoms with Crippen molar-refractivity contribution in [1.82, 2.24) is 5.32 Å². The Morgan fingerprint density at radius 1 is 1.56 bits per heavy atom. The van der Waals surface area contributed by atoms with Crippen molar-refractivity contribution in [2.75, 3.05) is 18.9 Å². The summed E-state index contributed by atoms with van der Waals surface area (Å²) in [7, 11) is 1.57. The monoisotopic (exact) mass is 257 g/mol. The molecule has 0 heterocycles. The van der Waals surface area contributed by atoms with Crippen LogP contribution in [0.5, 0.6) is 0 Å². The minimum Gasteiger partial charge on any atom is -0.389 e. The number of hydrogen-bond acceptors (Lipinski definition) is 3. The van der Waals surface area contributed by atoms with Gasteiger partial charge in [0, 0.05) is 12.7 Å². The zero-order chi connectivity index (χ0) is 12.1. The quantitative estimate of drug-likeness (QED) is 0.708. The molecule has 0 unspecified atom stereocenters. The zero-order valence-electron chi connectivity index (χ0n) is 8.71. The number of halogens is 1. The number of nitrogens with one attached hydrogen (secondary N) is 2. The molecule has 0 radical (unpaired) electrons. The first-order valence-corrected chi connectivity index (χ1v) is 5.37. The Kier molecular flexibility index (Phi) is 4.52. The molecule has 1 rings (SSSR count). The molecule has 0 aliphatic heterocycles. The van der Waals surface area contributed by atoms with Gasteiger partial charge in [-0.1, -0.05) is 29.9 Å². The van der Waals surface area contributed by atoms with Gasteiger partial charge >= 0.3 is 0 Å². The minimum atomic E-state index is -0.131. The van der Waals surface area contributed by atoms with Gasteiger partial charge < -0.3 is 16.4 Å². The van der Waals surface area contributed by atoms with E-state index in [2.05, 4.69) is 10.6 Å². The maximum absolute atomic E-state index is 11.1. The molecule has 0 spiro atoms. The van der Waals surface area contributed by atoms with Crippen LogP contribution in [-0.2, 0) is 4.79 Å². The molecular weight excluding hydrogens is 246 g/mol. The number of carbonyl (C=O) groups excluding carboxylic acids is 1. The standard InChI is InChI=1S/C10H12ClN3OS/c1-13-8(15)5-14-7-4-2-3-6(11)9(7)10(12)16/h2-4,14H,5H2,1H3,(H2,12,16)(H,13,15). The van der Waals surface area contributed by atoms with Crippen LogP contribution in [0.15, 0.2) is 18.2 Å². The SMILES string of the molecule is CNC(=O)CNc1cccc(Cl)c1C(N)=S. The molecule has 0 saturated carbocycles. The summed E-state index contributed by atoms with van der Waals surface area (Å²) in [4.78, 5) is 11.3. The molecule has 1 amide bonds. The number of hydrogen-bond donors (Lipinski definition) is 3. The van der Waals surface area contributed by atoms with Crippen LogP contribution in [0.4, 0.5) is 5.69 Å². The summed E-state index contributed by atoms with van der Waals surface area (Å²) < 4.78 is 0. The lowest BCUT2D eigenvalue weighted by Crippen LogP contribution is -2.27. The van der Waals surface area contributed by atoms with Crippen LogP contribution in [0.1, 0.15) is 5.56 Å². The molecule has 1 aromatic carbocycles. The van der Waals surface area contributed by atoms with Crippen molar-refractivity contribution < 1.29 is 4.79 Å². The van der Waals surface area contributed by atoms with Crippen LogP contribution < -0.4 is 16.4 Å². The van der Waals surface area contributed by atoms with Crippen LogP contribution in [-0.4, -0.2) is 24.5 Å². The number of anilines is 1. The number of rotatable bonds is 4. The second kappa shape index (κ2) is 5.67. The zero-order valence-corrected chi connectivity index (χ0v) is 10.3. The Balaban J connectivity index is 2.91. The Labute approximate surface area is 104 Å². The highest BCUT2D eigenvalue weighted by Gasteiger charge is 2.09. The Morgan fingerprint density at radius 3 is 2.81 bits per heavy atom.